The Labute approximate surface area is 222 Å². The molecule has 17 heteroatoms. The van der Waals surface area contributed by atoms with Crippen LogP contribution in [0.25, 0.3) is 0 Å². The van der Waals surface area contributed by atoms with Crippen LogP contribution in [-0.2, 0) is 39.3 Å². The van der Waals surface area contributed by atoms with E-state index >= 15 is 0 Å². The lowest BCUT2D eigenvalue weighted by atomic mass is 10.1. The largest absolute Gasteiger partial charge is 0.463 e. The molecule has 0 saturated carbocycles. The molecule has 1 heterocycles. The number of carbonyl (C=O) groups is 1. The molecule has 0 spiro atoms. The maximum atomic E-state index is 13.8. The van der Waals surface area contributed by atoms with Crippen LogP contribution in [0.15, 0.2) is 40.1 Å². The van der Waals surface area contributed by atoms with Gasteiger partial charge in [-0.3, -0.25) is 14.3 Å². The normalized spacial score (nSPS) is 13.2. The minimum absolute atomic E-state index is 0.0630. The van der Waals surface area contributed by atoms with Crippen LogP contribution < -0.4 is 10.5 Å². The van der Waals surface area contributed by atoms with Gasteiger partial charge in [-0.1, -0.05) is 6.08 Å². The van der Waals surface area contributed by atoms with Gasteiger partial charge >= 0.3 is 24.5 Å². The highest BCUT2D eigenvalue weighted by atomic mass is 79.9. The molecule has 0 saturated heterocycles. The zero-order valence-corrected chi connectivity index (χ0v) is 21.6. The Bertz CT molecular complexity index is 1270. The van der Waals surface area contributed by atoms with Crippen molar-refractivity contribution in [3.05, 3.63) is 62.5 Å². The van der Waals surface area contributed by atoms with Crippen LogP contribution in [0, 0.1) is 0 Å². The van der Waals surface area contributed by atoms with E-state index in [2.05, 4.69) is 27.5 Å². The molecule has 0 N–H and O–H groups in total. The van der Waals surface area contributed by atoms with E-state index in [9.17, 15) is 49.1 Å². The molecule has 7 nitrogen and oxygen atoms in total. The van der Waals surface area contributed by atoms with Crippen LogP contribution in [0.1, 0.15) is 30.7 Å². The first-order valence-corrected chi connectivity index (χ1v) is 11.5. The molecule has 216 valence electrons. The van der Waals surface area contributed by atoms with Gasteiger partial charge in [-0.25, -0.2) is 9.78 Å². The summed E-state index contributed by atoms with van der Waals surface area (Å²) in [5, 5.41) is 0. The van der Waals surface area contributed by atoms with E-state index < -0.39 is 82.4 Å². The number of esters is 1. The molecule has 1 aromatic carbocycles. The number of rotatable bonds is 9. The van der Waals surface area contributed by atoms with Gasteiger partial charge < -0.3 is 9.47 Å². The number of hydrogen-bond acceptors (Lipinski definition) is 6. The minimum Gasteiger partial charge on any atom is -0.463 e. The fourth-order valence-corrected chi connectivity index (χ4v) is 3.88. The molecule has 0 amide bonds. The van der Waals surface area contributed by atoms with Gasteiger partial charge in [0.15, 0.2) is 5.69 Å². The summed E-state index contributed by atoms with van der Waals surface area (Å²) < 4.78 is 133. The molecule has 0 aliphatic carbocycles. The second kappa shape index (κ2) is 12.0. The predicted molar refractivity (Wildman–Crippen MR) is 122 cm³/mol. The van der Waals surface area contributed by atoms with Crippen LogP contribution >= 0.6 is 15.9 Å². The van der Waals surface area contributed by atoms with Crippen molar-refractivity contribution in [2.24, 2.45) is 0 Å². The topological polar surface area (TPSA) is 73.7 Å². The Morgan fingerprint density at radius 1 is 1.05 bits per heavy atom. The molecule has 0 fully saturated rings. The Balaban J connectivity index is 3.19. The second-order valence-corrected chi connectivity index (χ2v) is 8.25. The zero-order valence-electron chi connectivity index (χ0n) is 20.0. The van der Waals surface area contributed by atoms with E-state index in [4.69, 9.17) is 9.47 Å². The Morgan fingerprint density at radius 2 is 1.67 bits per heavy atom. The fourth-order valence-electron chi connectivity index (χ4n) is 3.24. The molecule has 1 unspecified atom stereocenters. The predicted octanol–water partition coefficient (Wildman–Crippen LogP) is 6.31. The Kier molecular flexibility index (Phi) is 9.87. The fraction of sp³-hybridized carbons (Fsp3) is 0.409. The third-order valence-corrected chi connectivity index (χ3v) is 5.63. The van der Waals surface area contributed by atoms with E-state index in [1.807, 2.05) is 0 Å². The summed E-state index contributed by atoms with van der Waals surface area (Å²) in [6, 6.07) is -0.0367. The third-order valence-electron chi connectivity index (χ3n) is 4.80. The smallest absolute Gasteiger partial charge is 0.433 e. The number of aromatic nitrogens is 2. The van der Waals surface area contributed by atoms with E-state index in [0.717, 1.165) is 6.08 Å². The third kappa shape index (κ3) is 7.32. The summed E-state index contributed by atoms with van der Waals surface area (Å²) in [6.07, 6.45) is -17.4. The monoisotopic (exact) mass is 639 g/mol. The van der Waals surface area contributed by atoms with Gasteiger partial charge in [0, 0.05) is 19.2 Å². The molecule has 0 aliphatic heterocycles. The molecule has 0 radical (unpaired) electrons. The quantitative estimate of drug-likeness (QED) is 0.139. The van der Waals surface area contributed by atoms with Crippen LogP contribution in [0.2, 0.25) is 0 Å². The van der Waals surface area contributed by atoms with Crippen molar-refractivity contribution in [3.63, 3.8) is 0 Å². The molecular weight excluding hydrogens is 621 g/mol. The molecule has 2 aromatic rings. The van der Waals surface area contributed by atoms with Gasteiger partial charge in [0.05, 0.1) is 27.9 Å². The summed E-state index contributed by atoms with van der Waals surface area (Å²) in [5.41, 5.74) is -8.16. The number of carbonyl (C=O) groups excluding carboxylic acids is 1. The Hall–Kier alpha value is -3.08. The second-order valence-electron chi connectivity index (χ2n) is 7.46. The number of nitrogens with zero attached hydrogens (tertiary/aromatic N) is 3. The highest BCUT2D eigenvalue weighted by Gasteiger charge is 2.43. The highest BCUT2D eigenvalue weighted by molar-refractivity contribution is 9.10. The average molecular weight is 640 g/mol. The van der Waals surface area contributed by atoms with Crippen molar-refractivity contribution < 1.29 is 53.8 Å². The van der Waals surface area contributed by atoms with E-state index in [1.54, 1.807) is 0 Å². The lowest BCUT2D eigenvalue weighted by Gasteiger charge is -2.34. The summed E-state index contributed by atoms with van der Waals surface area (Å²) >= 11 is 2.57. The van der Waals surface area contributed by atoms with Crippen molar-refractivity contribution in [2.45, 2.75) is 45.1 Å². The lowest BCUT2D eigenvalue weighted by Crippen LogP contribution is -2.45. The van der Waals surface area contributed by atoms with Gasteiger partial charge in [0.1, 0.15) is 0 Å². The summed E-state index contributed by atoms with van der Waals surface area (Å²) in [5.74, 6) is -2.58. The maximum Gasteiger partial charge on any atom is 0.433 e. The van der Waals surface area contributed by atoms with Crippen LogP contribution in [-0.4, -0.2) is 35.0 Å². The number of allylic oxidation sites excluding steroid dienone is 1. The van der Waals surface area contributed by atoms with Crippen LogP contribution in [0.4, 0.5) is 51.1 Å². The lowest BCUT2D eigenvalue weighted by molar-refractivity contribution is -0.155. The van der Waals surface area contributed by atoms with Gasteiger partial charge in [-0.15, -0.1) is 6.58 Å². The zero-order chi connectivity index (χ0) is 29.9. The van der Waals surface area contributed by atoms with Crippen molar-refractivity contribution >= 4 is 33.5 Å². The standard InChI is InChI=1S/C22H19BrF9N3O4/c1-4-7-34-15(36)10-14(22(30,31)32)33-19(34)35(17(38-5-2)18(37)39-6-3)13-9-11(20(24,25)26)8-12(16(13)23)21(27,28)29/h4,8-10,17H,1,5-7H2,2-3H3. The molecule has 0 aliphatic rings. The van der Waals surface area contributed by atoms with Crippen LogP contribution in [0.5, 0.6) is 0 Å². The van der Waals surface area contributed by atoms with Gasteiger partial charge in [0.2, 0.25) is 12.2 Å². The summed E-state index contributed by atoms with van der Waals surface area (Å²) in [7, 11) is 0. The number of benzene rings is 1. The number of hydrogen-bond donors (Lipinski definition) is 0. The van der Waals surface area contributed by atoms with Crippen molar-refractivity contribution in [3.8, 4) is 0 Å². The number of ether oxygens (including phenoxy) is 2. The van der Waals surface area contributed by atoms with Crippen LogP contribution in [0.3, 0.4) is 0 Å². The van der Waals surface area contributed by atoms with Gasteiger partial charge in [-0.2, -0.15) is 39.5 Å². The van der Waals surface area contributed by atoms with Crippen molar-refractivity contribution in [1.82, 2.24) is 9.55 Å². The minimum atomic E-state index is -5.41. The maximum absolute atomic E-state index is 13.8. The number of halogens is 10. The summed E-state index contributed by atoms with van der Waals surface area (Å²) in [6.45, 7) is 4.54. The molecule has 2 rings (SSSR count). The number of alkyl halides is 9. The van der Waals surface area contributed by atoms with Crippen molar-refractivity contribution in [1.29, 1.82) is 0 Å². The Morgan fingerprint density at radius 3 is 2.13 bits per heavy atom. The van der Waals surface area contributed by atoms with Crippen molar-refractivity contribution in [2.75, 3.05) is 18.1 Å². The number of anilines is 2. The summed E-state index contributed by atoms with van der Waals surface area (Å²) in [4.78, 5) is 29.0. The molecule has 1 atom stereocenters. The van der Waals surface area contributed by atoms with E-state index in [1.165, 1.54) is 13.8 Å². The first kappa shape index (κ1) is 32.1. The van der Waals surface area contributed by atoms with E-state index in [0.29, 0.717) is 4.57 Å². The molecule has 39 heavy (non-hydrogen) atoms. The highest BCUT2D eigenvalue weighted by Crippen LogP contribution is 2.46. The first-order valence-electron chi connectivity index (χ1n) is 10.7. The van der Waals surface area contributed by atoms with Gasteiger partial charge in [0.25, 0.3) is 5.56 Å². The average Bonchev–Trinajstić information content (AvgIpc) is 2.79. The first-order chi connectivity index (χ1) is 17.9. The SMILES string of the molecule is C=CCn1c(N(c2cc(C(F)(F)F)cc(C(F)(F)F)c2Br)C(OCC)C(=O)OCC)nc(C(F)(F)F)cc1=O. The van der Waals surface area contributed by atoms with Gasteiger partial charge in [-0.05, 0) is 41.9 Å². The molecule has 0 bridgehead atoms. The molecule has 1 aromatic heterocycles. The molecular formula is C22H19BrF9N3O4. The van der Waals surface area contributed by atoms with E-state index in [-0.39, 0.29) is 29.7 Å².